The highest BCUT2D eigenvalue weighted by atomic mass is 32.2. The van der Waals surface area contributed by atoms with Crippen LogP contribution < -0.4 is 5.32 Å². The number of hydrogen-bond donors (Lipinski definition) is 1. The first-order valence-corrected chi connectivity index (χ1v) is 9.23. The summed E-state index contributed by atoms with van der Waals surface area (Å²) >= 11 is 2.14. The van der Waals surface area contributed by atoms with Gasteiger partial charge in [0.15, 0.2) is 0 Å². The van der Waals surface area contributed by atoms with E-state index in [9.17, 15) is 0 Å². The molecule has 0 bridgehead atoms. The van der Waals surface area contributed by atoms with Gasteiger partial charge in [-0.25, -0.2) is 0 Å². The Bertz CT molecular complexity index is 305. The lowest BCUT2D eigenvalue weighted by atomic mass is 9.77. The van der Waals surface area contributed by atoms with Crippen molar-refractivity contribution in [3.05, 3.63) is 0 Å². The summed E-state index contributed by atoms with van der Waals surface area (Å²) in [5.41, 5.74) is 0. The molecule has 0 aromatic carbocycles. The first-order chi connectivity index (χ1) is 9.12. The minimum Gasteiger partial charge on any atom is -0.310 e. The summed E-state index contributed by atoms with van der Waals surface area (Å²) in [5, 5.41) is 3.98. The Morgan fingerprint density at radius 3 is 2.84 bits per heavy atom. The van der Waals surface area contributed by atoms with Crippen molar-refractivity contribution >= 4 is 11.8 Å². The molecule has 19 heavy (non-hydrogen) atoms. The van der Waals surface area contributed by atoms with Crippen molar-refractivity contribution in [1.82, 2.24) is 10.2 Å². The van der Waals surface area contributed by atoms with E-state index in [1.165, 1.54) is 63.9 Å². The number of nitrogens with zero attached hydrogens (tertiary/aromatic N) is 1. The number of rotatable bonds is 2. The van der Waals surface area contributed by atoms with Crippen molar-refractivity contribution in [3.63, 3.8) is 0 Å². The van der Waals surface area contributed by atoms with Crippen LogP contribution in [0.4, 0.5) is 0 Å². The number of nitrogens with one attached hydrogen (secondary N) is 1. The Hall–Kier alpha value is 0.270. The average molecular weight is 282 g/mol. The molecule has 3 aliphatic rings. The van der Waals surface area contributed by atoms with Crippen molar-refractivity contribution in [1.29, 1.82) is 0 Å². The van der Waals surface area contributed by atoms with E-state index >= 15 is 0 Å². The van der Waals surface area contributed by atoms with Gasteiger partial charge in [0.1, 0.15) is 0 Å². The molecule has 3 rings (SSSR count). The lowest BCUT2D eigenvalue weighted by Crippen LogP contribution is -2.55. The Morgan fingerprint density at radius 2 is 2.00 bits per heavy atom. The first kappa shape index (κ1) is 14.2. The molecule has 3 heteroatoms. The molecule has 3 atom stereocenters. The molecule has 1 aliphatic carbocycles. The summed E-state index contributed by atoms with van der Waals surface area (Å²) in [5.74, 6) is 2.31. The fourth-order valence-electron chi connectivity index (χ4n) is 4.30. The summed E-state index contributed by atoms with van der Waals surface area (Å²) in [4.78, 5) is 2.71. The zero-order chi connectivity index (χ0) is 13.3. The highest BCUT2D eigenvalue weighted by Gasteiger charge is 2.34. The molecule has 1 saturated carbocycles. The standard InChI is InChI=1S/C16H30N2S/c1-16(2)12-18(9-10-19-16)11-14-8-7-13-5-3-4-6-15(13)17-14/h13-15,17H,3-12H2,1-2H3. The molecule has 0 radical (unpaired) electrons. The lowest BCUT2D eigenvalue weighted by Gasteiger charge is -2.44. The number of thioether (sulfide) groups is 1. The predicted octanol–water partition coefficient (Wildman–Crippen LogP) is 3.12. The topological polar surface area (TPSA) is 15.3 Å². The monoisotopic (exact) mass is 282 g/mol. The zero-order valence-corrected chi connectivity index (χ0v) is 13.5. The van der Waals surface area contributed by atoms with E-state index < -0.39 is 0 Å². The maximum absolute atomic E-state index is 3.98. The molecule has 3 unspecified atom stereocenters. The van der Waals surface area contributed by atoms with Crippen molar-refractivity contribution in [2.75, 3.05) is 25.4 Å². The molecule has 110 valence electrons. The molecule has 1 N–H and O–H groups in total. The van der Waals surface area contributed by atoms with Gasteiger partial charge in [-0.3, -0.25) is 4.90 Å². The second-order valence-electron chi connectivity index (χ2n) is 7.44. The van der Waals surface area contributed by atoms with Crippen molar-refractivity contribution < 1.29 is 0 Å². The maximum Gasteiger partial charge on any atom is 0.0231 e. The van der Waals surface area contributed by atoms with E-state index in [1.54, 1.807) is 0 Å². The van der Waals surface area contributed by atoms with E-state index in [1.807, 2.05) is 0 Å². The smallest absolute Gasteiger partial charge is 0.0231 e. The zero-order valence-electron chi connectivity index (χ0n) is 12.7. The Kier molecular flexibility index (Phi) is 4.45. The highest BCUT2D eigenvalue weighted by Crippen LogP contribution is 2.33. The number of piperidine rings is 1. The second kappa shape index (κ2) is 5.95. The van der Waals surface area contributed by atoms with Gasteiger partial charge in [0.2, 0.25) is 0 Å². The fraction of sp³-hybridized carbons (Fsp3) is 1.00. The minimum atomic E-state index is 0.459. The summed E-state index contributed by atoms with van der Waals surface area (Å²) in [6.07, 6.45) is 8.74. The molecule has 0 spiro atoms. The minimum absolute atomic E-state index is 0.459. The molecular weight excluding hydrogens is 252 g/mol. The van der Waals surface area contributed by atoms with E-state index in [2.05, 4.69) is 35.8 Å². The molecule has 0 aromatic heterocycles. The van der Waals surface area contributed by atoms with Crippen LogP contribution in [0.5, 0.6) is 0 Å². The quantitative estimate of drug-likeness (QED) is 0.838. The summed E-state index contributed by atoms with van der Waals surface area (Å²) in [6, 6.07) is 1.61. The van der Waals surface area contributed by atoms with Crippen LogP contribution >= 0.6 is 11.8 Å². The first-order valence-electron chi connectivity index (χ1n) is 8.25. The van der Waals surface area contributed by atoms with Crippen LogP contribution in [0, 0.1) is 5.92 Å². The summed E-state index contributed by atoms with van der Waals surface area (Å²) < 4.78 is 0.459. The van der Waals surface area contributed by atoms with Gasteiger partial charge < -0.3 is 5.32 Å². The van der Waals surface area contributed by atoms with E-state index in [0.717, 1.165) is 18.0 Å². The van der Waals surface area contributed by atoms with Gasteiger partial charge in [0, 0.05) is 42.2 Å². The predicted molar refractivity (Wildman–Crippen MR) is 84.9 cm³/mol. The van der Waals surface area contributed by atoms with Crippen LogP contribution in [0.25, 0.3) is 0 Å². The molecule has 2 heterocycles. The van der Waals surface area contributed by atoms with Gasteiger partial charge >= 0.3 is 0 Å². The Morgan fingerprint density at radius 1 is 1.16 bits per heavy atom. The molecular formula is C16H30N2S. The van der Waals surface area contributed by atoms with Crippen LogP contribution in [0.2, 0.25) is 0 Å². The van der Waals surface area contributed by atoms with Crippen LogP contribution in [0.3, 0.4) is 0 Å². The number of fused-ring (bicyclic) bond motifs is 1. The van der Waals surface area contributed by atoms with E-state index in [0.29, 0.717) is 4.75 Å². The summed E-state index contributed by atoms with van der Waals surface area (Å²) in [7, 11) is 0. The molecule has 2 saturated heterocycles. The largest absolute Gasteiger partial charge is 0.310 e. The second-order valence-corrected chi connectivity index (χ2v) is 9.24. The third-order valence-corrected chi connectivity index (χ3v) is 6.53. The number of hydrogen-bond acceptors (Lipinski definition) is 3. The third-order valence-electron chi connectivity index (χ3n) is 5.23. The fourth-order valence-corrected chi connectivity index (χ4v) is 5.48. The van der Waals surface area contributed by atoms with Crippen LogP contribution in [-0.4, -0.2) is 47.1 Å². The Balaban J connectivity index is 1.50. The van der Waals surface area contributed by atoms with Gasteiger partial charge in [0.25, 0.3) is 0 Å². The van der Waals surface area contributed by atoms with Gasteiger partial charge in [-0.1, -0.05) is 12.8 Å². The molecule has 2 aliphatic heterocycles. The van der Waals surface area contributed by atoms with Crippen molar-refractivity contribution in [3.8, 4) is 0 Å². The SMILES string of the molecule is CC1(C)CN(CC2CCC3CCCCC3N2)CCS1. The maximum atomic E-state index is 3.98. The summed E-state index contributed by atoms with van der Waals surface area (Å²) in [6.45, 7) is 8.64. The van der Waals surface area contributed by atoms with Gasteiger partial charge in [-0.05, 0) is 45.4 Å². The van der Waals surface area contributed by atoms with Gasteiger partial charge in [-0.15, -0.1) is 0 Å². The van der Waals surface area contributed by atoms with Crippen LogP contribution in [0.1, 0.15) is 52.4 Å². The van der Waals surface area contributed by atoms with Gasteiger partial charge in [0.05, 0.1) is 0 Å². The van der Waals surface area contributed by atoms with Crippen molar-refractivity contribution in [2.45, 2.75) is 69.2 Å². The molecule has 0 aromatic rings. The third kappa shape index (κ3) is 3.68. The van der Waals surface area contributed by atoms with Crippen LogP contribution in [0.15, 0.2) is 0 Å². The van der Waals surface area contributed by atoms with Gasteiger partial charge in [-0.2, -0.15) is 11.8 Å². The van der Waals surface area contributed by atoms with Crippen molar-refractivity contribution in [2.24, 2.45) is 5.92 Å². The normalized spacial score (nSPS) is 39.8. The van der Waals surface area contributed by atoms with Crippen LogP contribution in [-0.2, 0) is 0 Å². The average Bonchev–Trinajstić information content (AvgIpc) is 2.37. The Labute approximate surface area is 123 Å². The highest BCUT2D eigenvalue weighted by molar-refractivity contribution is 8.00. The molecule has 2 nitrogen and oxygen atoms in total. The van der Waals surface area contributed by atoms with E-state index in [-0.39, 0.29) is 0 Å². The van der Waals surface area contributed by atoms with E-state index in [4.69, 9.17) is 0 Å². The lowest BCUT2D eigenvalue weighted by molar-refractivity contribution is 0.141. The molecule has 0 amide bonds. The molecule has 3 fully saturated rings.